The quantitative estimate of drug-likeness (QED) is 0.662. The lowest BCUT2D eigenvalue weighted by atomic mass is 10.0. The molecule has 2 aliphatic rings. The number of anilines is 1. The van der Waals surface area contributed by atoms with Crippen LogP contribution in [0.15, 0.2) is 65.3 Å². The first-order valence-corrected chi connectivity index (χ1v) is 9.06. The standard InChI is InChI=1S/C22H16N2O4/c25-20(23-10-9-14-4-1-2-6-19(14)23)15-7-8-17-18(12-15)22(27)24(21(17)26)13-16-5-3-11-28-16/h1-8,11-12H,9-10,13H2. The number of hydrogen-bond donors (Lipinski definition) is 0. The average molecular weight is 372 g/mol. The Morgan fingerprint density at radius 2 is 1.79 bits per heavy atom. The number of furan rings is 1. The van der Waals surface area contributed by atoms with Crippen LogP contribution >= 0.6 is 0 Å². The molecule has 0 atom stereocenters. The zero-order valence-electron chi connectivity index (χ0n) is 14.9. The molecule has 3 amide bonds. The van der Waals surface area contributed by atoms with E-state index in [1.54, 1.807) is 29.2 Å². The molecule has 0 saturated heterocycles. The van der Waals surface area contributed by atoms with Gasteiger partial charge in [-0.2, -0.15) is 0 Å². The van der Waals surface area contributed by atoms with Gasteiger partial charge in [0.05, 0.1) is 23.9 Å². The fourth-order valence-electron chi connectivity index (χ4n) is 3.83. The molecule has 3 aromatic rings. The first kappa shape index (κ1) is 16.5. The zero-order valence-corrected chi connectivity index (χ0v) is 14.9. The summed E-state index contributed by atoms with van der Waals surface area (Å²) in [5.74, 6) is -0.424. The van der Waals surface area contributed by atoms with E-state index in [1.807, 2.05) is 24.3 Å². The number of amides is 3. The number of hydrogen-bond acceptors (Lipinski definition) is 4. The second-order valence-electron chi connectivity index (χ2n) is 6.87. The van der Waals surface area contributed by atoms with Gasteiger partial charge in [-0.05, 0) is 48.4 Å². The molecule has 1 aromatic heterocycles. The van der Waals surface area contributed by atoms with Crippen LogP contribution in [0.5, 0.6) is 0 Å². The van der Waals surface area contributed by atoms with Crippen molar-refractivity contribution in [3.05, 3.63) is 88.9 Å². The van der Waals surface area contributed by atoms with Crippen LogP contribution < -0.4 is 4.90 Å². The van der Waals surface area contributed by atoms with Gasteiger partial charge in [0.15, 0.2) is 0 Å². The summed E-state index contributed by atoms with van der Waals surface area (Å²) in [5.41, 5.74) is 3.00. The third-order valence-corrected chi connectivity index (χ3v) is 5.24. The van der Waals surface area contributed by atoms with E-state index in [9.17, 15) is 14.4 Å². The molecule has 0 radical (unpaired) electrons. The predicted molar refractivity (Wildman–Crippen MR) is 101 cm³/mol. The molecule has 2 aromatic carbocycles. The number of fused-ring (bicyclic) bond motifs is 2. The van der Waals surface area contributed by atoms with E-state index >= 15 is 0 Å². The van der Waals surface area contributed by atoms with E-state index < -0.39 is 5.91 Å². The number of imide groups is 1. The molecule has 0 fully saturated rings. The monoisotopic (exact) mass is 372 g/mol. The summed E-state index contributed by atoms with van der Waals surface area (Å²) in [6, 6.07) is 15.9. The lowest BCUT2D eigenvalue weighted by Crippen LogP contribution is -2.29. The molecule has 28 heavy (non-hydrogen) atoms. The van der Waals surface area contributed by atoms with Crippen LogP contribution in [0.4, 0.5) is 5.69 Å². The molecule has 5 rings (SSSR count). The summed E-state index contributed by atoms with van der Waals surface area (Å²) in [7, 11) is 0. The van der Waals surface area contributed by atoms with Gasteiger partial charge in [-0.3, -0.25) is 19.3 Å². The third kappa shape index (κ3) is 2.45. The molecule has 0 spiro atoms. The van der Waals surface area contributed by atoms with Gasteiger partial charge in [0.25, 0.3) is 17.7 Å². The number of benzene rings is 2. The van der Waals surface area contributed by atoms with E-state index in [0.717, 1.165) is 22.6 Å². The highest BCUT2D eigenvalue weighted by Gasteiger charge is 2.37. The van der Waals surface area contributed by atoms with Gasteiger partial charge in [0.2, 0.25) is 0 Å². The van der Waals surface area contributed by atoms with Crippen LogP contribution in [0.3, 0.4) is 0 Å². The predicted octanol–water partition coefficient (Wildman–Crippen LogP) is 3.28. The normalized spacial score (nSPS) is 15.1. The third-order valence-electron chi connectivity index (χ3n) is 5.24. The average Bonchev–Trinajstić information content (AvgIpc) is 3.44. The highest BCUT2D eigenvalue weighted by molar-refractivity contribution is 6.22. The van der Waals surface area contributed by atoms with E-state index in [4.69, 9.17) is 4.42 Å². The van der Waals surface area contributed by atoms with Gasteiger partial charge in [-0.25, -0.2) is 0 Å². The van der Waals surface area contributed by atoms with Gasteiger partial charge in [-0.1, -0.05) is 18.2 Å². The van der Waals surface area contributed by atoms with Crippen molar-refractivity contribution in [2.24, 2.45) is 0 Å². The molecule has 0 N–H and O–H groups in total. The Balaban J connectivity index is 1.45. The zero-order chi connectivity index (χ0) is 19.3. The van der Waals surface area contributed by atoms with E-state index in [1.165, 1.54) is 12.3 Å². The highest BCUT2D eigenvalue weighted by atomic mass is 16.3. The molecule has 2 aliphatic heterocycles. The maximum absolute atomic E-state index is 13.0. The van der Waals surface area contributed by atoms with E-state index in [2.05, 4.69) is 0 Å². The number of carbonyl (C=O) groups excluding carboxylic acids is 3. The Bertz CT molecular complexity index is 1120. The Labute approximate surface area is 161 Å². The van der Waals surface area contributed by atoms with Gasteiger partial charge in [-0.15, -0.1) is 0 Å². The minimum absolute atomic E-state index is 0.0716. The van der Waals surface area contributed by atoms with Crippen molar-refractivity contribution >= 4 is 23.4 Å². The molecule has 0 aliphatic carbocycles. The fourth-order valence-corrected chi connectivity index (χ4v) is 3.83. The van der Waals surface area contributed by atoms with E-state index in [0.29, 0.717) is 23.4 Å². The van der Waals surface area contributed by atoms with Crippen LogP contribution in [0.2, 0.25) is 0 Å². The Hall–Kier alpha value is -3.67. The van der Waals surface area contributed by atoms with Gasteiger partial charge >= 0.3 is 0 Å². The van der Waals surface area contributed by atoms with Crippen molar-refractivity contribution in [1.82, 2.24) is 4.90 Å². The fraction of sp³-hybridized carbons (Fsp3) is 0.136. The van der Waals surface area contributed by atoms with Crippen molar-refractivity contribution in [1.29, 1.82) is 0 Å². The van der Waals surface area contributed by atoms with Gasteiger partial charge in [0.1, 0.15) is 5.76 Å². The minimum atomic E-state index is -0.409. The Kier molecular flexibility index (Phi) is 3.65. The topological polar surface area (TPSA) is 70.8 Å². The number of carbonyl (C=O) groups is 3. The summed E-state index contributed by atoms with van der Waals surface area (Å²) in [6.45, 7) is 0.675. The summed E-state index contributed by atoms with van der Waals surface area (Å²) < 4.78 is 5.25. The smallest absolute Gasteiger partial charge is 0.261 e. The van der Waals surface area contributed by atoms with Crippen molar-refractivity contribution in [2.45, 2.75) is 13.0 Å². The van der Waals surface area contributed by atoms with Crippen LogP contribution in [-0.4, -0.2) is 29.2 Å². The highest BCUT2D eigenvalue weighted by Crippen LogP contribution is 2.31. The van der Waals surface area contributed by atoms with Gasteiger partial charge in [0, 0.05) is 17.8 Å². The van der Waals surface area contributed by atoms with Crippen molar-refractivity contribution < 1.29 is 18.8 Å². The number of para-hydroxylation sites is 1. The summed E-state index contributed by atoms with van der Waals surface area (Å²) in [6.07, 6.45) is 2.30. The molecular weight excluding hydrogens is 356 g/mol. The Morgan fingerprint density at radius 3 is 2.61 bits per heavy atom. The molecule has 0 saturated carbocycles. The molecule has 3 heterocycles. The second kappa shape index (κ2) is 6.20. The minimum Gasteiger partial charge on any atom is -0.467 e. The maximum atomic E-state index is 13.0. The van der Waals surface area contributed by atoms with E-state index in [-0.39, 0.29) is 23.9 Å². The van der Waals surface area contributed by atoms with Crippen molar-refractivity contribution in [3.63, 3.8) is 0 Å². The lowest BCUT2D eigenvalue weighted by molar-refractivity contribution is 0.0631. The largest absolute Gasteiger partial charge is 0.467 e. The molecule has 6 nitrogen and oxygen atoms in total. The molecule has 0 bridgehead atoms. The Morgan fingerprint density at radius 1 is 0.964 bits per heavy atom. The molecule has 0 unspecified atom stereocenters. The molecule has 6 heteroatoms. The summed E-state index contributed by atoms with van der Waals surface area (Å²) in [5, 5.41) is 0. The molecule has 138 valence electrons. The van der Waals surface area contributed by atoms with Crippen LogP contribution in [0, 0.1) is 0 Å². The lowest BCUT2D eigenvalue weighted by Gasteiger charge is -2.17. The van der Waals surface area contributed by atoms with Gasteiger partial charge < -0.3 is 9.32 Å². The van der Waals surface area contributed by atoms with Crippen molar-refractivity contribution in [3.8, 4) is 0 Å². The maximum Gasteiger partial charge on any atom is 0.261 e. The second-order valence-corrected chi connectivity index (χ2v) is 6.87. The first-order chi connectivity index (χ1) is 13.6. The summed E-state index contributed by atoms with van der Waals surface area (Å²) in [4.78, 5) is 41.3. The number of rotatable bonds is 3. The van der Waals surface area contributed by atoms with Crippen LogP contribution in [-0.2, 0) is 13.0 Å². The number of nitrogens with zero attached hydrogens (tertiary/aromatic N) is 2. The summed E-state index contributed by atoms with van der Waals surface area (Å²) >= 11 is 0. The SMILES string of the molecule is O=C1c2ccc(C(=O)N3CCc4ccccc43)cc2C(=O)N1Cc1ccco1. The first-order valence-electron chi connectivity index (χ1n) is 9.06. The van der Waals surface area contributed by atoms with Crippen molar-refractivity contribution in [2.75, 3.05) is 11.4 Å². The molecular formula is C22H16N2O4. The van der Waals surface area contributed by atoms with Crippen LogP contribution in [0.25, 0.3) is 0 Å². The van der Waals surface area contributed by atoms with Crippen LogP contribution in [0.1, 0.15) is 42.4 Å².